The lowest BCUT2D eigenvalue weighted by molar-refractivity contribution is -0.125. The summed E-state index contributed by atoms with van der Waals surface area (Å²) in [5.74, 6) is 0.249. The van der Waals surface area contributed by atoms with Gasteiger partial charge in [-0.2, -0.15) is 0 Å². The Morgan fingerprint density at radius 3 is 1.97 bits per heavy atom. The zero-order valence-electron chi connectivity index (χ0n) is 19.4. The zero-order valence-corrected chi connectivity index (χ0v) is 19.4. The third kappa shape index (κ3) is 2.91. The number of nitrogens with zero attached hydrogens (tertiary/aromatic N) is 6. The van der Waals surface area contributed by atoms with Crippen LogP contribution >= 0.6 is 0 Å². The van der Waals surface area contributed by atoms with Crippen molar-refractivity contribution in [3.63, 3.8) is 0 Å². The maximum absolute atomic E-state index is 13.9. The number of hydrogen-bond acceptors (Lipinski definition) is 8. The highest BCUT2D eigenvalue weighted by Gasteiger charge is 2.59. The minimum atomic E-state index is -0.691. The van der Waals surface area contributed by atoms with Crippen molar-refractivity contribution < 1.29 is 9.59 Å². The van der Waals surface area contributed by atoms with Gasteiger partial charge in [0.2, 0.25) is 11.9 Å². The zero-order chi connectivity index (χ0) is 23.7. The van der Waals surface area contributed by atoms with Crippen LogP contribution in [0.4, 0.5) is 11.9 Å². The molecule has 1 aromatic carbocycles. The summed E-state index contributed by atoms with van der Waals surface area (Å²) in [6.45, 7) is 7.65. The molecular weight excluding hydrogens is 428 g/mol. The molecule has 0 spiro atoms. The van der Waals surface area contributed by atoms with Crippen LogP contribution in [-0.4, -0.2) is 43.6 Å². The number of anilines is 2. The number of aromatic nitrogens is 4. The van der Waals surface area contributed by atoms with Crippen LogP contribution in [0.5, 0.6) is 0 Å². The quantitative estimate of drug-likeness (QED) is 0.585. The summed E-state index contributed by atoms with van der Waals surface area (Å²) in [6.07, 6.45) is 3.67. The second-order valence-corrected chi connectivity index (χ2v) is 9.27. The molecule has 3 aliphatic heterocycles. The molecule has 0 radical (unpaired) electrons. The lowest BCUT2D eigenvalue weighted by atomic mass is 9.69. The molecule has 4 unspecified atom stereocenters. The van der Waals surface area contributed by atoms with E-state index < -0.39 is 24.0 Å². The molecular formula is C26H24N6O2. The molecule has 34 heavy (non-hydrogen) atoms. The van der Waals surface area contributed by atoms with Crippen LogP contribution in [0.15, 0.2) is 48.7 Å². The third-order valence-corrected chi connectivity index (χ3v) is 6.83. The topological polar surface area (TPSA) is 92.2 Å². The maximum Gasteiger partial charge on any atom is 0.230 e. The van der Waals surface area contributed by atoms with Gasteiger partial charge in [0.1, 0.15) is 12.1 Å². The van der Waals surface area contributed by atoms with E-state index in [1.54, 1.807) is 0 Å². The first kappa shape index (κ1) is 20.7. The molecule has 2 aromatic heterocycles. The molecule has 8 nitrogen and oxygen atoms in total. The number of rotatable bonds is 2. The highest BCUT2D eigenvalue weighted by Crippen LogP contribution is 2.48. The van der Waals surface area contributed by atoms with E-state index >= 15 is 0 Å². The number of carbonyl (C=O) groups excluding carboxylic acids is 2. The minimum absolute atomic E-state index is 0.0104. The summed E-state index contributed by atoms with van der Waals surface area (Å²) in [5, 5.41) is 0. The molecule has 4 bridgehead atoms. The highest BCUT2D eigenvalue weighted by atomic mass is 16.1. The molecule has 3 aromatic rings. The number of aryl methyl sites for hydroxylation is 4. The van der Waals surface area contributed by atoms with Crippen molar-refractivity contribution >= 4 is 23.5 Å². The van der Waals surface area contributed by atoms with Gasteiger partial charge in [0.25, 0.3) is 0 Å². The number of carbonyl (C=O) groups is 2. The minimum Gasteiger partial charge on any atom is -0.320 e. The first-order chi connectivity index (χ1) is 16.3. The van der Waals surface area contributed by atoms with E-state index in [0.717, 1.165) is 28.3 Å². The highest BCUT2D eigenvalue weighted by molar-refractivity contribution is 6.12. The Bertz CT molecular complexity index is 1360. The van der Waals surface area contributed by atoms with Crippen LogP contribution in [0.3, 0.4) is 0 Å². The fourth-order valence-corrected chi connectivity index (χ4v) is 5.61. The molecule has 3 aliphatic rings. The van der Waals surface area contributed by atoms with Gasteiger partial charge in [0, 0.05) is 34.5 Å². The van der Waals surface area contributed by atoms with Crippen LogP contribution in [-0.2, 0) is 4.79 Å². The van der Waals surface area contributed by atoms with Gasteiger partial charge in [0.15, 0.2) is 11.6 Å². The molecule has 170 valence electrons. The van der Waals surface area contributed by atoms with Crippen molar-refractivity contribution in [2.45, 2.75) is 45.8 Å². The summed E-state index contributed by atoms with van der Waals surface area (Å²) >= 11 is 0. The van der Waals surface area contributed by atoms with Gasteiger partial charge < -0.3 is 9.80 Å². The maximum atomic E-state index is 13.9. The molecule has 6 rings (SSSR count). The van der Waals surface area contributed by atoms with Crippen LogP contribution in [0.2, 0.25) is 0 Å². The number of hydrogen-bond donors (Lipinski definition) is 0. The Morgan fingerprint density at radius 2 is 1.32 bits per heavy atom. The van der Waals surface area contributed by atoms with Crippen molar-refractivity contribution in [3.8, 4) is 0 Å². The lowest BCUT2D eigenvalue weighted by Gasteiger charge is -2.54. The number of fused-ring (bicyclic) bond motifs is 8. The molecule has 1 fully saturated rings. The molecule has 5 heterocycles. The van der Waals surface area contributed by atoms with Crippen LogP contribution < -0.4 is 9.80 Å². The molecule has 4 atom stereocenters. The van der Waals surface area contributed by atoms with E-state index in [1.807, 2.05) is 86.2 Å². The van der Waals surface area contributed by atoms with Crippen molar-refractivity contribution in [2.75, 3.05) is 9.80 Å². The second-order valence-electron chi connectivity index (χ2n) is 9.27. The van der Waals surface area contributed by atoms with Crippen molar-refractivity contribution in [2.24, 2.45) is 5.92 Å². The summed E-state index contributed by atoms with van der Waals surface area (Å²) < 4.78 is 0. The van der Waals surface area contributed by atoms with Gasteiger partial charge in [-0.15, -0.1) is 0 Å². The van der Waals surface area contributed by atoms with E-state index in [2.05, 4.69) is 9.97 Å². The number of piperidine rings is 1. The Balaban J connectivity index is 1.61. The van der Waals surface area contributed by atoms with E-state index in [9.17, 15) is 9.59 Å². The van der Waals surface area contributed by atoms with Crippen LogP contribution in [0.1, 0.15) is 44.7 Å². The van der Waals surface area contributed by atoms with E-state index in [-0.39, 0.29) is 11.6 Å². The fourth-order valence-electron chi connectivity index (χ4n) is 5.61. The Morgan fingerprint density at radius 1 is 0.735 bits per heavy atom. The Labute approximate surface area is 197 Å². The van der Waals surface area contributed by atoms with Gasteiger partial charge >= 0.3 is 0 Å². The molecule has 0 amide bonds. The van der Waals surface area contributed by atoms with Gasteiger partial charge in [-0.05, 0) is 45.4 Å². The second kappa shape index (κ2) is 7.28. The predicted molar refractivity (Wildman–Crippen MR) is 127 cm³/mol. The van der Waals surface area contributed by atoms with Gasteiger partial charge in [-0.25, -0.2) is 19.9 Å². The number of Topliss-reactive ketones (excluding diaryl/α,β-unsaturated/α-hetero) is 2. The standard InChI is InChI=1S/C26H24N6O2/c1-13-11-14(2)28-25(27-13)31-10-9-19-21-23(33)18-8-6-5-7-17(18)20(22(31)24(19)34)32(21)26-29-15(3)12-16(4)30-26/h5-12,19-22H,1-4H3. The smallest absolute Gasteiger partial charge is 0.230 e. The molecule has 8 heteroatoms. The van der Waals surface area contributed by atoms with Crippen LogP contribution in [0, 0.1) is 33.6 Å². The molecule has 1 saturated heterocycles. The first-order valence-electron chi connectivity index (χ1n) is 11.4. The monoisotopic (exact) mass is 452 g/mol. The average Bonchev–Trinajstić information content (AvgIpc) is 2.77. The lowest BCUT2D eigenvalue weighted by Crippen LogP contribution is -2.68. The van der Waals surface area contributed by atoms with E-state index in [4.69, 9.17) is 9.97 Å². The SMILES string of the molecule is Cc1cc(C)nc(N2C=CC3C(=O)C2C2c4ccccc4C(=O)C3N2c2nc(C)cc(C)n2)n1. The van der Waals surface area contributed by atoms with E-state index in [0.29, 0.717) is 17.5 Å². The summed E-state index contributed by atoms with van der Waals surface area (Å²) in [4.78, 5) is 50.1. The Hall–Kier alpha value is -3.94. The molecule has 0 aliphatic carbocycles. The fraction of sp³-hybridized carbons (Fsp3) is 0.308. The number of ketones is 2. The van der Waals surface area contributed by atoms with Crippen molar-refractivity contribution in [1.29, 1.82) is 0 Å². The van der Waals surface area contributed by atoms with Crippen LogP contribution in [0.25, 0.3) is 0 Å². The summed E-state index contributed by atoms with van der Waals surface area (Å²) in [6, 6.07) is 9.59. The largest absolute Gasteiger partial charge is 0.320 e. The van der Waals surface area contributed by atoms with Gasteiger partial charge in [0.05, 0.1) is 12.0 Å². The van der Waals surface area contributed by atoms with Gasteiger partial charge in [-0.3, -0.25) is 9.59 Å². The number of benzene rings is 1. The Kier molecular flexibility index (Phi) is 4.42. The summed E-state index contributed by atoms with van der Waals surface area (Å²) in [5.41, 5.74) is 4.73. The third-order valence-electron chi connectivity index (χ3n) is 6.83. The molecule has 0 N–H and O–H groups in total. The van der Waals surface area contributed by atoms with E-state index in [1.165, 1.54) is 0 Å². The average molecular weight is 453 g/mol. The summed E-state index contributed by atoms with van der Waals surface area (Å²) in [7, 11) is 0. The van der Waals surface area contributed by atoms with Crippen molar-refractivity contribution in [1.82, 2.24) is 19.9 Å². The predicted octanol–water partition coefficient (Wildman–Crippen LogP) is 3.21. The first-order valence-corrected chi connectivity index (χ1v) is 11.4. The normalized spacial score (nSPS) is 24.9. The molecule has 0 saturated carbocycles. The van der Waals surface area contributed by atoms with Gasteiger partial charge in [-0.1, -0.05) is 30.3 Å². The van der Waals surface area contributed by atoms with Crippen molar-refractivity contribution in [3.05, 3.63) is 82.6 Å².